The first-order chi connectivity index (χ1) is 8.91. The van der Waals surface area contributed by atoms with Crippen molar-refractivity contribution in [3.8, 4) is 0 Å². The number of allylic oxidation sites excluding steroid dienone is 6. The monoisotopic (exact) mass is 338 g/mol. The Kier molecular flexibility index (Phi) is 27.2. The minimum absolute atomic E-state index is 0. The molecule has 0 amide bonds. The fraction of sp³-hybridized carbons (Fsp3) is 0. The van der Waals surface area contributed by atoms with Crippen molar-refractivity contribution in [2.45, 2.75) is 0 Å². The molecule has 0 aromatic heterocycles. The largest absolute Gasteiger partial charge is 6.00 e. The van der Waals surface area contributed by atoms with Gasteiger partial charge in [0.2, 0.25) is 0 Å². The van der Waals surface area contributed by atoms with Crippen LogP contribution in [0, 0.1) is 13.2 Å². The first-order valence-electron chi connectivity index (χ1n) is 5.67. The van der Waals surface area contributed by atoms with Crippen LogP contribution in [0.25, 0.3) is 0 Å². The average Bonchev–Trinajstić information content (AvgIpc) is 3.12. The van der Waals surface area contributed by atoms with Crippen LogP contribution in [0.5, 0.6) is 0 Å². The summed E-state index contributed by atoms with van der Waals surface area (Å²) in [6.45, 7) is 10.0. The second-order valence-electron chi connectivity index (χ2n) is 3.08. The van der Waals surface area contributed by atoms with Crippen molar-refractivity contribution in [2.75, 3.05) is 0 Å². The van der Waals surface area contributed by atoms with Gasteiger partial charge in [0.1, 0.15) is 0 Å². The van der Waals surface area contributed by atoms with E-state index in [2.05, 4.69) is 0 Å². The van der Waals surface area contributed by atoms with Gasteiger partial charge in [0, 0.05) is 0 Å². The van der Waals surface area contributed by atoms with Crippen molar-refractivity contribution in [1.82, 2.24) is 0 Å². The molecule has 0 heterocycles. The van der Waals surface area contributed by atoms with Crippen LogP contribution in [0.4, 0.5) is 0 Å². The molecule has 0 fully saturated rings. The first kappa shape index (κ1) is 23.8. The zero-order valence-electron chi connectivity index (χ0n) is 11.2. The second-order valence-corrected chi connectivity index (χ2v) is 3.08. The van der Waals surface area contributed by atoms with Gasteiger partial charge in [-0.2, -0.15) is 48.6 Å². The summed E-state index contributed by atoms with van der Waals surface area (Å²) in [5, 5.41) is 0. The number of rotatable bonds is 3. The molecule has 0 aliphatic carbocycles. The standard InChI is InChI=1S/C8H8.2C5H5.2Cr/c1-3-5-7-8-6-4-2;2*1-2-4-5-3-1;;/h1-8H;2*1-5H;;/q-2;2*-1;2*+6/b7-5-,8-6-;;;;. The summed E-state index contributed by atoms with van der Waals surface area (Å²) >= 11 is 0. The SMILES string of the molecule is [CH-]=C/C=C\C=C/C=[CH-].[Cr+6].[Cr+6].c1cc[cH-]c1.c1cc[cH-]c1. The molecule has 20 heavy (non-hydrogen) atoms. The van der Waals surface area contributed by atoms with E-state index < -0.39 is 0 Å². The molecule has 0 aliphatic heterocycles. The summed E-state index contributed by atoms with van der Waals surface area (Å²) in [5.41, 5.74) is 0. The van der Waals surface area contributed by atoms with Crippen molar-refractivity contribution in [1.29, 1.82) is 0 Å². The maximum Gasteiger partial charge on any atom is 6.00 e. The van der Waals surface area contributed by atoms with Gasteiger partial charge in [-0.25, -0.2) is 48.6 Å². The molecular formula is C18H18Cr2+8. The van der Waals surface area contributed by atoms with Crippen molar-refractivity contribution in [2.24, 2.45) is 0 Å². The molecule has 94 valence electrons. The molecule has 0 N–H and O–H groups in total. The average molecular weight is 338 g/mol. The van der Waals surface area contributed by atoms with E-state index in [-0.39, 0.29) is 34.7 Å². The number of hydrogen-bond donors (Lipinski definition) is 0. The molecular weight excluding hydrogens is 320 g/mol. The summed E-state index contributed by atoms with van der Waals surface area (Å²) in [6.07, 6.45) is 9.95. The Morgan fingerprint density at radius 3 is 1.00 bits per heavy atom. The molecule has 2 aromatic rings. The van der Waals surface area contributed by atoms with E-state index in [4.69, 9.17) is 13.2 Å². The normalized spacial score (nSPS) is 8.20. The third-order valence-corrected chi connectivity index (χ3v) is 1.67. The zero-order chi connectivity index (χ0) is 13.3. The van der Waals surface area contributed by atoms with Gasteiger partial charge in [-0.3, -0.25) is 13.2 Å². The summed E-state index contributed by atoms with van der Waals surface area (Å²) in [4.78, 5) is 0. The van der Waals surface area contributed by atoms with Crippen molar-refractivity contribution < 1.29 is 34.7 Å². The fourth-order valence-electron chi connectivity index (χ4n) is 0.898. The molecule has 0 unspecified atom stereocenters. The van der Waals surface area contributed by atoms with Crippen LogP contribution in [0.2, 0.25) is 0 Å². The molecule has 0 nitrogen and oxygen atoms in total. The predicted molar refractivity (Wildman–Crippen MR) is 80.1 cm³/mol. The molecule has 0 spiro atoms. The van der Waals surface area contributed by atoms with Gasteiger partial charge in [-0.1, -0.05) is 0 Å². The van der Waals surface area contributed by atoms with Gasteiger partial charge in [-0.05, 0) is 0 Å². The Hall–Kier alpha value is -1.28. The van der Waals surface area contributed by atoms with Gasteiger partial charge in [0.25, 0.3) is 0 Å². The Bertz CT molecular complexity index is 330. The molecule has 2 rings (SSSR count). The van der Waals surface area contributed by atoms with E-state index in [1.165, 1.54) is 12.2 Å². The predicted octanol–water partition coefficient (Wildman–Crippen LogP) is 4.88. The molecule has 0 atom stereocenters. The van der Waals surface area contributed by atoms with Crippen LogP contribution in [0.15, 0.2) is 97.1 Å². The molecule has 0 aliphatic rings. The van der Waals surface area contributed by atoms with Crippen LogP contribution in [-0.2, 0) is 34.7 Å². The summed E-state index contributed by atoms with van der Waals surface area (Å²) in [6, 6.07) is 20.0. The topological polar surface area (TPSA) is 0 Å². The van der Waals surface area contributed by atoms with Gasteiger partial charge in [-0.15, -0.1) is 0 Å². The molecule has 2 aromatic carbocycles. The molecule has 0 bridgehead atoms. The minimum Gasteiger partial charge on any atom is -0.293 e. The van der Waals surface area contributed by atoms with Gasteiger partial charge < -0.3 is 0 Å². The van der Waals surface area contributed by atoms with E-state index in [1.807, 2.05) is 60.7 Å². The maximum atomic E-state index is 5.02. The Morgan fingerprint density at radius 1 is 0.550 bits per heavy atom. The van der Waals surface area contributed by atoms with Crippen LogP contribution in [0.1, 0.15) is 0 Å². The van der Waals surface area contributed by atoms with Crippen molar-refractivity contribution >= 4 is 0 Å². The van der Waals surface area contributed by atoms with E-state index >= 15 is 0 Å². The third kappa shape index (κ3) is 22.0. The van der Waals surface area contributed by atoms with Crippen LogP contribution < -0.4 is 0 Å². The zero-order valence-corrected chi connectivity index (χ0v) is 13.8. The summed E-state index contributed by atoms with van der Waals surface area (Å²) in [5.74, 6) is 0. The van der Waals surface area contributed by atoms with Crippen LogP contribution in [0.3, 0.4) is 0 Å². The molecule has 0 radical (unpaired) electrons. The first-order valence-corrected chi connectivity index (χ1v) is 5.67. The van der Waals surface area contributed by atoms with E-state index in [0.717, 1.165) is 0 Å². The smallest absolute Gasteiger partial charge is 0.293 e. The number of hydrogen-bond acceptors (Lipinski definition) is 0. The van der Waals surface area contributed by atoms with E-state index in [0.29, 0.717) is 0 Å². The van der Waals surface area contributed by atoms with E-state index in [1.54, 1.807) is 24.3 Å². The Morgan fingerprint density at radius 2 is 0.850 bits per heavy atom. The van der Waals surface area contributed by atoms with Gasteiger partial charge in [0.05, 0.1) is 0 Å². The molecule has 2 heteroatoms. The molecule has 0 saturated heterocycles. The van der Waals surface area contributed by atoms with Gasteiger partial charge >= 0.3 is 34.7 Å². The van der Waals surface area contributed by atoms with Crippen molar-refractivity contribution in [3.05, 3.63) is 110 Å². The third-order valence-electron chi connectivity index (χ3n) is 1.67. The van der Waals surface area contributed by atoms with Crippen LogP contribution >= 0.6 is 0 Å². The fourth-order valence-corrected chi connectivity index (χ4v) is 0.898. The van der Waals surface area contributed by atoms with Crippen LogP contribution in [-0.4, -0.2) is 0 Å². The summed E-state index contributed by atoms with van der Waals surface area (Å²) in [7, 11) is 0. The summed E-state index contributed by atoms with van der Waals surface area (Å²) < 4.78 is 0. The molecule has 0 saturated carbocycles. The quantitative estimate of drug-likeness (QED) is 0.552. The Balaban J connectivity index is -0.000000212. The maximum absolute atomic E-state index is 5.02. The second kappa shape index (κ2) is 22.9. The van der Waals surface area contributed by atoms with E-state index in [9.17, 15) is 0 Å². The van der Waals surface area contributed by atoms with Gasteiger partial charge in [0.15, 0.2) is 0 Å². The minimum atomic E-state index is 0. The Labute approximate surface area is 144 Å². The van der Waals surface area contributed by atoms with Crippen molar-refractivity contribution in [3.63, 3.8) is 0 Å².